The molecule has 90 valence electrons. The second-order valence-corrected chi connectivity index (χ2v) is 3.35. The predicted molar refractivity (Wildman–Crippen MR) is 61.3 cm³/mol. The van der Waals surface area contributed by atoms with E-state index >= 15 is 0 Å². The Labute approximate surface area is 97.9 Å². The number of ether oxygens (including phenoxy) is 1. The lowest BCUT2D eigenvalue weighted by molar-refractivity contribution is 0.415. The summed E-state index contributed by atoms with van der Waals surface area (Å²) in [6.45, 7) is 0.476. The van der Waals surface area contributed by atoms with Crippen LogP contribution >= 0.6 is 0 Å². The fourth-order valence-corrected chi connectivity index (χ4v) is 1.34. The van der Waals surface area contributed by atoms with Crippen LogP contribution in [-0.2, 0) is 13.6 Å². The molecular formula is C9H13N7O. The van der Waals surface area contributed by atoms with Gasteiger partial charge in [-0.15, -0.1) is 10.2 Å². The second-order valence-electron chi connectivity index (χ2n) is 3.35. The molecule has 8 heteroatoms. The van der Waals surface area contributed by atoms with Crippen LogP contribution in [0.2, 0.25) is 0 Å². The molecule has 0 radical (unpaired) electrons. The molecule has 0 aliphatic carbocycles. The highest BCUT2D eigenvalue weighted by atomic mass is 16.5. The van der Waals surface area contributed by atoms with E-state index in [1.54, 1.807) is 6.33 Å². The zero-order valence-electron chi connectivity index (χ0n) is 9.58. The number of rotatable bonds is 4. The van der Waals surface area contributed by atoms with Gasteiger partial charge in [0, 0.05) is 7.05 Å². The summed E-state index contributed by atoms with van der Waals surface area (Å²) in [5.74, 6) is 2.03. The van der Waals surface area contributed by atoms with Crippen molar-refractivity contribution in [2.75, 3.05) is 18.2 Å². The molecule has 2 aromatic rings. The van der Waals surface area contributed by atoms with Gasteiger partial charge < -0.3 is 20.4 Å². The monoisotopic (exact) mass is 235 g/mol. The minimum atomic E-state index is 0.294. The lowest BCUT2D eigenvalue weighted by atomic mass is 10.4. The summed E-state index contributed by atoms with van der Waals surface area (Å²) in [6.07, 6.45) is 3.00. The van der Waals surface area contributed by atoms with Crippen LogP contribution < -0.4 is 15.8 Å². The van der Waals surface area contributed by atoms with Crippen LogP contribution in [0.1, 0.15) is 5.82 Å². The smallest absolute Gasteiger partial charge is 0.203 e. The van der Waals surface area contributed by atoms with Gasteiger partial charge in [0.1, 0.15) is 12.7 Å². The van der Waals surface area contributed by atoms with Crippen LogP contribution in [-0.4, -0.2) is 31.8 Å². The molecule has 3 N–H and O–H groups in total. The van der Waals surface area contributed by atoms with E-state index in [0.717, 1.165) is 5.82 Å². The third-order valence-electron chi connectivity index (χ3n) is 2.25. The Hall–Kier alpha value is -2.38. The van der Waals surface area contributed by atoms with Crippen molar-refractivity contribution in [3.8, 4) is 5.75 Å². The van der Waals surface area contributed by atoms with Gasteiger partial charge >= 0.3 is 0 Å². The van der Waals surface area contributed by atoms with Crippen molar-refractivity contribution in [3.63, 3.8) is 0 Å². The van der Waals surface area contributed by atoms with E-state index in [2.05, 4.69) is 25.5 Å². The Balaban J connectivity index is 2.14. The Morgan fingerprint density at radius 3 is 2.94 bits per heavy atom. The molecule has 0 saturated heterocycles. The summed E-state index contributed by atoms with van der Waals surface area (Å²) >= 11 is 0. The second kappa shape index (κ2) is 4.64. The third-order valence-corrected chi connectivity index (χ3v) is 2.25. The Bertz CT molecular complexity index is 510. The van der Waals surface area contributed by atoms with E-state index in [4.69, 9.17) is 10.5 Å². The molecule has 0 amide bonds. The van der Waals surface area contributed by atoms with E-state index in [-0.39, 0.29) is 0 Å². The van der Waals surface area contributed by atoms with Gasteiger partial charge in [0.25, 0.3) is 0 Å². The number of hydrogen-bond donors (Lipinski definition) is 2. The summed E-state index contributed by atoms with van der Waals surface area (Å²) in [7, 11) is 3.38. The fraction of sp³-hybridized carbons (Fsp3) is 0.333. The van der Waals surface area contributed by atoms with Crippen molar-refractivity contribution in [1.82, 2.24) is 24.7 Å². The van der Waals surface area contributed by atoms with Gasteiger partial charge in [-0.1, -0.05) is 0 Å². The molecule has 0 aliphatic heterocycles. The van der Waals surface area contributed by atoms with Crippen LogP contribution in [0.5, 0.6) is 5.75 Å². The van der Waals surface area contributed by atoms with E-state index < -0.39 is 0 Å². The van der Waals surface area contributed by atoms with Gasteiger partial charge in [-0.25, -0.2) is 9.97 Å². The Kier molecular flexibility index (Phi) is 3.03. The first kappa shape index (κ1) is 11.1. The van der Waals surface area contributed by atoms with Gasteiger partial charge in [0.05, 0.1) is 13.7 Å². The minimum Gasteiger partial charge on any atom is -0.490 e. The van der Waals surface area contributed by atoms with Gasteiger partial charge in [-0.05, 0) is 0 Å². The van der Waals surface area contributed by atoms with Crippen molar-refractivity contribution >= 4 is 11.6 Å². The maximum Gasteiger partial charge on any atom is 0.203 e. The van der Waals surface area contributed by atoms with Crippen molar-refractivity contribution in [1.29, 1.82) is 0 Å². The summed E-state index contributed by atoms with van der Waals surface area (Å²) < 4.78 is 6.93. The largest absolute Gasteiger partial charge is 0.490 e. The van der Waals surface area contributed by atoms with Crippen molar-refractivity contribution in [2.24, 2.45) is 7.05 Å². The van der Waals surface area contributed by atoms with Gasteiger partial charge in [0.15, 0.2) is 17.5 Å². The summed E-state index contributed by atoms with van der Waals surface area (Å²) in [5, 5.41) is 10.8. The van der Waals surface area contributed by atoms with Crippen LogP contribution in [0.25, 0.3) is 0 Å². The van der Waals surface area contributed by atoms with Crippen LogP contribution in [0.3, 0.4) is 0 Å². The zero-order valence-corrected chi connectivity index (χ0v) is 9.58. The van der Waals surface area contributed by atoms with Crippen LogP contribution in [0.15, 0.2) is 12.7 Å². The summed E-state index contributed by atoms with van der Waals surface area (Å²) in [4.78, 5) is 7.90. The standard InChI is InChI=1S/C9H13N7O/c1-16-5-14-15-6(16)3-11-9-7(17-2)8(10)12-4-13-9/h4-5H,3H2,1-2H3,(H3,10,11,12,13). The molecule has 0 spiro atoms. The van der Waals surface area contributed by atoms with Crippen molar-refractivity contribution < 1.29 is 4.74 Å². The number of aromatic nitrogens is 5. The van der Waals surface area contributed by atoms with Crippen LogP contribution in [0, 0.1) is 0 Å². The molecule has 0 aromatic carbocycles. The van der Waals surface area contributed by atoms with Crippen molar-refractivity contribution in [3.05, 3.63) is 18.5 Å². The average Bonchev–Trinajstić information content (AvgIpc) is 2.72. The van der Waals surface area contributed by atoms with Gasteiger partial charge in [-0.3, -0.25) is 0 Å². The Morgan fingerprint density at radius 2 is 2.29 bits per heavy atom. The average molecular weight is 235 g/mol. The SMILES string of the molecule is COc1c(N)ncnc1NCc1nncn1C. The van der Waals surface area contributed by atoms with E-state index in [1.165, 1.54) is 13.4 Å². The zero-order chi connectivity index (χ0) is 12.3. The number of methoxy groups -OCH3 is 1. The third kappa shape index (κ3) is 2.25. The number of nitrogens with one attached hydrogen (secondary N) is 1. The molecule has 2 aromatic heterocycles. The number of hydrogen-bond acceptors (Lipinski definition) is 7. The number of nitrogens with zero attached hydrogens (tertiary/aromatic N) is 5. The first-order valence-electron chi connectivity index (χ1n) is 4.93. The first-order valence-corrected chi connectivity index (χ1v) is 4.93. The normalized spacial score (nSPS) is 10.2. The highest BCUT2D eigenvalue weighted by Gasteiger charge is 2.10. The topological polar surface area (TPSA) is 104 Å². The molecule has 0 bridgehead atoms. The molecule has 0 fully saturated rings. The van der Waals surface area contributed by atoms with E-state index in [0.29, 0.717) is 23.9 Å². The molecule has 0 unspecified atom stereocenters. The molecule has 17 heavy (non-hydrogen) atoms. The fourth-order valence-electron chi connectivity index (χ4n) is 1.34. The number of nitrogens with two attached hydrogens (primary N) is 1. The lowest BCUT2D eigenvalue weighted by Crippen LogP contribution is -2.09. The lowest BCUT2D eigenvalue weighted by Gasteiger charge is -2.10. The number of nitrogen functional groups attached to an aromatic ring is 1. The van der Waals surface area contributed by atoms with Crippen molar-refractivity contribution in [2.45, 2.75) is 6.54 Å². The van der Waals surface area contributed by atoms with E-state index in [1.807, 2.05) is 11.6 Å². The predicted octanol–water partition coefficient (Wildman–Crippen LogP) is -0.192. The molecule has 2 heterocycles. The summed E-state index contributed by atoms with van der Waals surface area (Å²) in [5.41, 5.74) is 5.66. The summed E-state index contributed by atoms with van der Waals surface area (Å²) in [6, 6.07) is 0. The molecule has 0 atom stereocenters. The molecule has 8 nitrogen and oxygen atoms in total. The molecular weight excluding hydrogens is 222 g/mol. The number of aryl methyl sites for hydroxylation is 1. The highest BCUT2D eigenvalue weighted by molar-refractivity contribution is 5.61. The molecule has 0 saturated carbocycles. The molecule has 2 rings (SSSR count). The maximum atomic E-state index is 5.66. The van der Waals surface area contributed by atoms with E-state index in [9.17, 15) is 0 Å². The minimum absolute atomic E-state index is 0.294. The molecule has 0 aliphatic rings. The van der Waals surface area contributed by atoms with Gasteiger partial charge in [0.2, 0.25) is 5.75 Å². The number of anilines is 2. The maximum absolute atomic E-state index is 5.66. The first-order chi connectivity index (χ1) is 8.22. The Morgan fingerprint density at radius 1 is 1.47 bits per heavy atom. The van der Waals surface area contributed by atoms with Crippen LogP contribution in [0.4, 0.5) is 11.6 Å². The van der Waals surface area contributed by atoms with Gasteiger partial charge in [-0.2, -0.15) is 0 Å². The quantitative estimate of drug-likeness (QED) is 0.756. The highest BCUT2D eigenvalue weighted by Crippen LogP contribution is 2.26.